The van der Waals surface area contributed by atoms with E-state index in [0.29, 0.717) is 11.0 Å². The summed E-state index contributed by atoms with van der Waals surface area (Å²) in [5.74, 6) is 0. The number of nitrogens with one attached hydrogen (secondary N) is 1. The Bertz CT molecular complexity index is 445. The van der Waals surface area contributed by atoms with Gasteiger partial charge in [0.2, 0.25) is 0 Å². The molecule has 0 aromatic carbocycles. The number of hydrogen-bond acceptors (Lipinski definition) is 3. The van der Waals surface area contributed by atoms with Crippen LogP contribution in [0.15, 0.2) is 17.3 Å². The molecule has 5 nitrogen and oxygen atoms in total. The topological polar surface area (TPSA) is 63.6 Å². The highest BCUT2D eigenvalue weighted by atomic mass is 127. The lowest BCUT2D eigenvalue weighted by atomic mass is 10.4. The Morgan fingerprint density at radius 3 is 3.27 bits per heavy atom. The second-order valence-electron chi connectivity index (χ2n) is 1.99. The van der Waals surface area contributed by atoms with Gasteiger partial charge in [0, 0.05) is 0 Å². The predicted molar refractivity (Wildman–Crippen MR) is 47.6 cm³/mol. The van der Waals surface area contributed by atoms with Crippen molar-refractivity contribution in [2.45, 2.75) is 0 Å². The van der Waals surface area contributed by atoms with Crippen LogP contribution in [-0.4, -0.2) is 18.0 Å². The highest BCUT2D eigenvalue weighted by Crippen LogP contribution is 2.00. The van der Waals surface area contributed by atoms with E-state index < -0.39 is 0 Å². The lowest BCUT2D eigenvalue weighted by molar-refractivity contribution is 1.08. The van der Waals surface area contributed by atoms with Gasteiger partial charge in [-0.25, -0.2) is 7.76 Å². The van der Waals surface area contributed by atoms with Crippen LogP contribution in [0.5, 0.6) is 0 Å². The second kappa shape index (κ2) is 2.29. The zero-order valence-corrected chi connectivity index (χ0v) is 7.44. The monoisotopic (exact) mass is 262 g/mol. The summed E-state index contributed by atoms with van der Waals surface area (Å²) in [7, 11) is 0. The summed E-state index contributed by atoms with van der Waals surface area (Å²) in [4.78, 5) is 15.2. The van der Waals surface area contributed by atoms with Crippen LogP contribution in [0.4, 0.5) is 0 Å². The zero-order chi connectivity index (χ0) is 7.84. The van der Waals surface area contributed by atoms with Gasteiger partial charge >= 0.3 is 0 Å². The first kappa shape index (κ1) is 6.77. The molecule has 0 bridgehead atoms. The maximum absolute atomic E-state index is 11.2. The quantitative estimate of drug-likeness (QED) is 0.695. The lowest BCUT2D eigenvalue weighted by Crippen LogP contribution is -2.11. The summed E-state index contributed by atoms with van der Waals surface area (Å²) < 4.78 is 1.38. The van der Waals surface area contributed by atoms with Gasteiger partial charge in [0.05, 0.1) is 29.1 Å². The average Bonchev–Trinajstić information content (AvgIpc) is 2.45. The fourth-order valence-electron chi connectivity index (χ4n) is 0.810. The van der Waals surface area contributed by atoms with Crippen molar-refractivity contribution >= 4 is 33.9 Å². The first-order valence-electron chi connectivity index (χ1n) is 2.86. The molecule has 6 heteroatoms. The lowest BCUT2D eigenvalue weighted by Gasteiger charge is -1.90. The maximum atomic E-state index is 11.2. The van der Waals surface area contributed by atoms with Crippen molar-refractivity contribution < 1.29 is 0 Å². The third-order valence-corrected chi connectivity index (χ3v) is 2.02. The molecular weight excluding hydrogens is 259 g/mol. The van der Waals surface area contributed by atoms with Crippen LogP contribution < -0.4 is 5.56 Å². The third-order valence-electron chi connectivity index (χ3n) is 1.33. The minimum Gasteiger partial charge on any atom is -0.268 e. The van der Waals surface area contributed by atoms with E-state index in [1.165, 1.54) is 15.3 Å². The van der Waals surface area contributed by atoms with E-state index in [-0.39, 0.29) is 5.56 Å². The van der Waals surface area contributed by atoms with Crippen LogP contribution in [0.1, 0.15) is 0 Å². The molecule has 0 amide bonds. The number of halogens is 1. The number of aromatic nitrogens is 4. The highest BCUT2D eigenvalue weighted by molar-refractivity contribution is 14.1. The molecule has 0 fully saturated rings. The number of aromatic amines is 1. The van der Waals surface area contributed by atoms with Gasteiger partial charge in [-0.1, -0.05) is 0 Å². The van der Waals surface area contributed by atoms with Crippen molar-refractivity contribution in [3.63, 3.8) is 0 Å². The molecule has 1 N–H and O–H groups in total. The minimum atomic E-state index is -0.0932. The summed E-state index contributed by atoms with van der Waals surface area (Å²) >= 11 is 1.87. The minimum absolute atomic E-state index is 0.0932. The summed E-state index contributed by atoms with van der Waals surface area (Å²) in [6, 6.07) is 0. The largest absolute Gasteiger partial charge is 0.273 e. The molecule has 0 aliphatic carbocycles. The van der Waals surface area contributed by atoms with E-state index in [0.717, 1.165) is 0 Å². The van der Waals surface area contributed by atoms with E-state index in [9.17, 15) is 4.79 Å². The van der Waals surface area contributed by atoms with Crippen molar-refractivity contribution in [2.24, 2.45) is 0 Å². The molecule has 2 rings (SSSR count). The van der Waals surface area contributed by atoms with Gasteiger partial charge in [-0.05, 0) is 0 Å². The van der Waals surface area contributed by atoms with Crippen LogP contribution >= 0.6 is 22.9 Å². The Kier molecular flexibility index (Phi) is 1.41. The molecule has 0 radical (unpaired) electrons. The molecule has 0 saturated carbocycles. The molecule has 2 aromatic heterocycles. The average molecular weight is 262 g/mol. The summed E-state index contributed by atoms with van der Waals surface area (Å²) in [6.45, 7) is 0. The molecule has 0 aliphatic heterocycles. The number of nitrogens with zero attached hydrogens (tertiary/aromatic N) is 3. The van der Waals surface area contributed by atoms with Crippen LogP contribution in [0, 0.1) is 0 Å². The SMILES string of the molecule is O=c1c2cn[nH]c2ncn1I. The fourth-order valence-corrected chi connectivity index (χ4v) is 1.19. The van der Waals surface area contributed by atoms with Crippen LogP contribution in [-0.2, 0) is 0 Å². The Hall–Kier alpha value is -0.920. The number of hydrogen-bond donors (Lipinski definition) is 1. The summed E-state index contributed by atoms with van der Waals surface area (Å²) in [5, 5.41) is 6.82. The smallest absolute Gasteiger partial charge is 0.268 e. The van der Waals surface area contributed by atoms with Crippen molar-refractivity contribution in [1.82, 2.24) is 18.0 Å². The van der Waals surface area contributed by atoms with E-state index in [1.54, 1.807) is 0 Å². The molecule has 0 spiro atoms. The van der Waals surface area contributed by atoms with Crippen molar-refractivity contribution in [2.75, 3.05) is 0 Å². The second-order valence-corrected chi connectivity index (χ2v) is 3.03. The normalized spacial score (nSPS) is 10.6. The fraction of sp³-hybridized carbons (Fsp3) is 0. The first-order chi connectivity index (χ1) is 5.29. The predicted octanol–water partition coefficient (Wildman–Crippen LogP) is 0.318. The summed E-state index contributed by atoms with van der Waals surface area (Å²) in [6.07, 6.45) is 2.92. The molecule has 0 unspecified atom stereocenters. The van der Waals surface area contributed by atoms with E-state index in [2.05, 4.69) is 15.2 Å². The van der Waals surface area contributed by atoms with Gasteiger partial charge in [0.1, 0.15) is 11.7 Å². The Morgan fingerprint density at radius 1 is 1.64 bits per heavy atom. The van der Waals surface area contributed by atoms with Crippen molar-refractivity contribution in [3.8, 4) is 0 Å². The standard InChI is InChI=1S/C5H3IN4O/c6-10-2-7-4-3(5(10)11)1-8-9-4/h1-2H,(H,8,9). The summed E-state index contributed by atoms with van der Waals surface area (Å²) in [5.41, 5.74) is 0.437. The highest BCUT2D eigenvalue weighted by Gasteiger charge is 2.01. The van der Waals surface area contributed by atoms with Crippen LogP contribution in [0.3, 0.4) is 0 Å². The van der Waals surface area contributed by atoms with Gasteiger partial charge in [-0.15, -0.1) is 0 Å². The molecule has 0 saturated heterocycles. The maximum Gasteiger partial charge on any atom is 0.273 e. The number of rotatable bonds is 0. The van der Waals surface area contributed by atoms with Gasteiger partial charge in [-0.2, -0.15) is 5.10 Å². The Balaban J connectivity index is 3.05. The Labute approximate surface area is 74.9 Å². The third kappa shape index (κ3) is 0.934. The number of fused-ring (bicyclic) bond motifs is 1. The number of H-pyrrole nitrogens is 1. The van der Waals surface area contributed by atoms with E-state index in [4.69, 9.17) is 0 Å². The zero-order valence-electron chi connectivity index (χ0n) is 5.28. The van der Waals surface area contributed by atoms with Gasteiger partial charge < -0.3 is 0 Å². The molecule has 11 heavy (non-hydrogen) atoms. The molecule has 2 aromatic rings. The first-order valence-corrected chi connectivity index (χ1v) is 3.82. The van der Waals surface area contributed by atoms with Gasteiger partial charge in [-0.3, -0.25) is 9.89 Å². The molecule has 56 valence electrons. The van der Waals surface area contributed by atoms with E-state index in [1.807, 2.05) is 22.9 Å². The molecule has 0 aliphatic rings. The van der Waals surface area contributed by atoms with Gasteiger partial charge in [0.15, 0.2) is 5.65 Å². The Morgan fingerprint density at radius 2 is 2.45 bits per heavy atom. The van der Waals surface area contributed by atoms with Gasteiger partial charge in [0.25, 0.3) is 5.56 Å². The van der Waals surface area contributed by atoms with Crippen LogP contribution in [0.2, 0.25) is 0 Å². The molecule has 2 heterocycles. The van der Waals surface area contributed by atoms with Crippen LogP contribution in [0.25, 0.3) is 11.0 Å². The van der Waals surface area contributed by atoms with E-state index >= 15 is 0 Å². The van der Waals surface area contributed by atoms with Crippen molar-refractivity contribution in [3.05, 3.63) is 22.9 Å². The van der Waals surface area contributed by atoms with Crippen molar-refractivity contribution in [1.29, 1.82) is 0 Å². The molecular formula is C5H3IN4O. The molecule has 0 atom stereocenters.